The first-order chi connectivity index (χ1) is 14.4. The molecular formula is C23H31FN4O2. The number of carbonyl (C=O) groups excluding carboxylic acids is 1. The number of hydrogen-bond acceptors (Lipinski definition) is 5. The van der Waals surface area contributed by atoms with E-state index >= 15 is 0 Å². The summed E-state index contributed by atoms with van der Waals surface area (Å²) in [5.41, 5.74) is 3.80. The Balaban J connectivity index is 1.90. The van der Waals surface area contributed by atoms with E-state index in [1.165, 1.54) is 19.2 Å². The molecule has 2 aromatic rings. The van der Waals surface area contributed by atoms with Crippen molar-refractivity contribution in [1.29, 1.82) is 0 Å². The molecule has 1 aromatic heterocycles. The lowest BCUT2D eigenvalue weighted by molar-refractivity contribution is -0.122. The molecule has 2 N–H and O–H groups in total. The molecule has 1 aliphatic rings. The van der Waals surface area contributed by atoms with E-state index in [4.69, 9.17) is 4.74 Å². The number of amides is 1. The van der Waals surface area contributed by atoms with Crippen LogP contribution in [0.1, 0.15) is 44.5 Å². The molecule has 6 nitrogen and oxygen atoms in total. The molecule has 0 radical (unpaired) electrons. The van der Waals surface area contributed by atoms with Crippen LogP contribution in [0.25, 0.3) is 11.1 Å². The molecule has 2 heterocycles. The number of anilines is 1. The summed E-state index contributed by atoms with van der Waals surface area (Å²) in [6, 6.07) is 5.70. The van der Waals surface area contributed by atoms with Crippen LogP contribution in [-0.2, 0) is 4.79 Å². The average Bonchev–Trinajstić information content (AvgIpc) is 2.73. The van der Waals surface area contributed by atoms with E-state index in [1.807, 2.05) is 26.0 Å². The van der Waals surface area contributed by atoms with Crippen molar-refractivity contribution in [1.82, 2.24) is 15.3 Å². The molecule has 3 rings (SSSR count). The number of hydrogen-bond donors (Lipinski definition) is 2. The molecular weight excluding hydrogens is 383 g/mol. The highest BCUT2D eigenvalue weighted by Crippen LogP contribution is 2.36. The molecule has 0 unspecified atom stereocenters. The fraction of sp³-hybridized carbons (Fsp3) is 0.522. The number of carbonyl (C=O) groups is 1. The summed E-state index contributed by atoms with van der Waals surface area (Å²) in [6.45, 7) is 8.76. The van der Waals surface area contributed by atoms with Gasteiger partial charge < -0.3 is 15.4 Å². The topological polar surface area (TPSA) is 76.1 Å². The van der Waals surface area contributed by atoms with Crippen molar-refractivity contribution in [2.24, 2.45) is 5.92 Å². The summed E-state index contributed by atoms with van der Waals surface area (Å²) in [4.78, 5) is 20.8. The lowest BCUT2D eigenvalue weighted by Crippen LogP contribution is -2.38. The van der Waals surface area contributed by atoms with Crippen molar-refractivity contribution in [2.75, 3.05) is 18.5 Å². The predicted molar refractivity (Wildman–Crippen MR) is 116 cm³/mol. The van der Waals surface area contributed by atoms with Crippen LogP contribution in [0.3, 0.4) is 0 Å². The van der Waals surface area contributed by atoms with Crippen molar-refractivity contribution < 1.29 is 13.9 Å². The van der Waals surface area contributed by atoms with Gasteiger partial charge in [-0.3, -0.25) is 4.79 Å². The Hall–Kier alpha value is -2.54. The number of piperidine rings is 1. The largest absolute Gasteiger partial charge is 0.491 e. The molecule has 0 saturated carbocycles. The zero-order chi connectivity index (χ0) is 21.7. The average molecular weight is 415 g/mol. The molecule has 0 bridgehead atoms. The number of halogens is 1. The van der Waals surface area contributed by atoms with E-state index in [2.05, 4.69) is 20.6 Å². The van der Waals surface area contributed by atoms with E-state index < -0.39 is 12.1 Å². The van der Waals surface area contributed by atoms with E-state index in [-0.39, 0.29) is 5.92 Å². The quantitative estimate of drug-likeness (QED) is 0.710. The Morgan fingerprint density at radius 1 is 1.27 bits per heavy atom. The van der Waals surface area contributed by atoms with Crippen LogP contribution in [0, 0.1) is 19.8 Å². The second-order valence-corrected chi connectivity index (χ2v) is 8.22. The Bertz CT molecular complexity index is 861. The van der Waals surface area contributed by atoms with Gasteiger partial charge in [-0.2, -0.15) is 0 Å². The van der Waals surface area contributed by atoms with E-state index in [0.29, 0.717) is 24.1 Å². The molecule has 1 amide bonds. The number of nitrogens with one attached hydrogen (secondary N) is 2. The number of aryl methyl sites for hydroxylation is 2. The van der Waals surface area contributed by atoms with Gasteiger partial charge in [-0.25, -0.2) is 14.4 Å². The van der Waals surface area contributed by atoms with Gasteiger partial charge in [0.2, 0.25) is 0 Å². The monoisotopic (exact) mass is 414 g/mol. The fourth-order valence-corrected chi connectivity index (χ4v) is 3.68. The number of rotatable bonds is 7. The molecule has 7 heteroatoms. The molecule has 1 aliphatic heterocycles. The number of nitrogens with zero attached hydrogens (tertiary/aromatic N) is 2. The van der Waals surface area contributed by atoms with Gasteiger partial charge in [-0.05, 0) is 57.4 Å². The van der Waals surface area contributed by atoms with Gasteiger partial charge in [0.15, 0.2) is 6.17 Å². The normalized spacial score (nSPS) is 17.6. The third kappa shape index (κ3) is 5.33. The van der Waals surface area contributed by atoms with Gasteiger partial charge in [-0.15, -0.1) is 0 Å². The lowest BCUT2D eigenvalue weighted by atomic mass is 10.0. The Labute approximate surface area is 177 Å². The van der Waals surface area contributed by atoms with Crippen LogP contribution in [0.5, 0.6) is 5.75 Å². The SMILES string of the molecule is Cc1ncnc(C)c1-c1cc(NC(=O)[C@@H](F)C(C)C)ccc1OC[C@H]1CCCCN1. The first-order valence-electron chi connectivity index (χ1n) is 10.6. The second kappa shape index (κ2) is 9.98. The third-order valence-corrected chi connectivity index (χ3v) is 5.43. The first-order valence-corrected chi connectivity index (χ1v) is 10.6. The summed E-state index contributed by atoms with van der Waals surface area (Å²) < 4.78 is 20.3. The molecule has 30 heavy (non-hydrogen) atoms. The lowest BCUT2D eigenvalue weighted by Gasteiger charge is -2.24. The van der Waals surface area contributed by atoms with Gasteiger partial charge in [-0.1, -0.05) is 20.3 Å². The number of alkyl halides is 1. The van der Waals surface area contributed by atoms with Crippen molar-refractivity contribution in [3.8, 4) is 16.9 Å². The molecule has 162 valence electrons. The summed E-state index contributed by atoms with van der Waals surface area (Å²) in [6.07, 6.45) is 3.45. The zero-order valence-corrected chi connectivity index (χ0v) is 18.2. The van der Waals surface area contributed by atoms with Crippen LogP contribution in [0.4, 0.5) is 10.1 Å². The highest BCUT2D eigenvalue weighted by molar-refractivity contribution is 5.95. The summed E-state index contributed by atoms with van der Waals surface area (Å²) >= 11 is 0. The Morgan fingerprint density at radius 3 is 2.63 bits per heavy atom. The maximum Gasteiger partial charge on any atom is 0.259 e. The van der Waals surface area contributed by atoms with Crippen LogP contribution in [0.15, 0.2) is 24.5 Å². The number of aromatic nitrogens is 2. The van der Waals surface area contributed by atoms with Crippen LogP contribution in [0.2, 0.25) is 0 Å². The number of benzene rings is 1. The molecule has 1 fully saturated rings. The minimum absolute atomic E-state index is 0.318. The van der Waals surface area contributed by atoms with E-state index in [0.717, 1.165) is 35.5 Å². The van der Waals surface area contributed by atoms with Crippen molar-refractivity contribution >= 4 is 11.6 Å². The van der Waals surface area contributed by atoms with Gasteiger partial charge in [0.25, 0.3) is 5.91 Å². The summed E-state index contributed by atoms with van der Waals surface area (Å²) in [5.74, 6) is -0.335. The maximum absolute atomic E-state index is 14.1. The minimum atomic E-state index is -1.56. The molecule has 0 aliphatic carbocycles. The fourth-order valence-electron chi connectivity index (χ4n) is 3.68. The molecule has 1 aromatic carbocycles. The van der Waals surface area contributed by atoms with Crippen LogP contribution < -0.4 is 15.4 Å². The zero-order valence-electron chi connectivity index (χ0n) is 18.2. The highest BCUT2D eigenvalue weighted by atomic mass is 19.1. The summed E-state index contributed by atoms with van der Waals surface area (Å²) in [7, 11) is 0. The van der Waals surface area contributed by atoms with Gasteiger partial charge in [0, 0.05) is 34.2 Å². The van der Waals surface area contributed by atoms with Gasteiger partial charge in [0.05, 0.1) is 0 Å². The predicted octanol–water partition coefficient (Wildman–Crippen LogP) is 4.21. The second-order valence-electron chi connectivity index (χ2n) is 8.22. The summed E-state index contributed by atoms with van der Waals surface area (Å²) in [5, 5.41) is 6.17. The first kappa shape index (κ1) is 22.2. The van der Waals surface area contributed by atoms with Gasteiger partial charge in [0.1, 0.15) is 18.7 Å². The van der Waals surface area contributed by atoms with E-state index in [1.54, 1.807) is 19.9 Å². The maximum atomic E-state index is 14.1. The third-order valence-electron chi connectivity index (χ3n) is 5.43. The molecule has 0 spiro atoms. The van der Waals surface area contributed by atoms with Crippen LogP contribution >= 0.6 is 0 Å². The smallest absolute Gasteiger partial charge is 0.259 e. The standard InChI is InChI=1S/C23H31FN4O2/c1-14(2)22(24)23(29)28-17-8-9-20(30-12-18-7-5-6-10-25-18)19(11-17)21-15(3)26-13-27-16(21)4/h8-9,11,13-14,18,22,25H,5-7,10,12H2,1-4H3,(H,28,29)/t18-,22+/m1/s1. The Kier molecular flexibility index (Phi) is 7.37. The number of ether oxygens (including phenoxy) is 1. The molecule has 1 saturated heterocycles. The van der Waals surface area contributed by atoms with Crippen molar-refractivity contribution in [3.63, 3.8) is 0 Å². The van der Waals surface area contributed by atoms with Crippen molar-refractivity contribution in [2.45, 2.75) is 59.2 Å². The van der Waals surface area contributed by atoms with Crippen molar-refractivity contribution in [3.05, 3.63) is 35.9 Å². The Morgan fingerprint density at radius 2 is 2.00 bits per heavy atom. The van der Waals surface area contributed by atoms with Gasteiger partial charge >= 0.3 is 0 Å². The molecule has 2 atom stereocenters. The minimum Gasteiger partial charge on any atom is -0.491 e. The van der Waals surface area contributed by atoms with Crippen LogP contribution in [-0.4, -0.2) is 41.2 Å². The highest BCUT2D eigenvalue weighted by Gasteiger charge is 2.22. The van der Waals surface area contributed by atoms with E-state index in [9.17, 15) is 9.18 Å².